The molecule has 0 saturated heterocycles. The van der Waals surface area contributed by atoms with Crippen LogP contribution in [0.1, 0.15) is 18.9 Å². The van der Waals surface area contributed by atoms with E-state index in [1.165, 1.54) is 0 Å². The zero-order chi connectivity index (χ0) is 17.5. The largest absolute Gasteiger partial charge is 0.494 e. The van der Waals surface area contributed by atoms with Gasteiger partial charge in [-0.25, -0.2) is 4.98 Å². The van der Waals surface area contributed by atoms with E-state index in [1.54, 1.807) is 6.20 Å². The summed E-state index contributed by atoms with van der Waals surface area (Å²) in [5.41, 5.74) is 0.983. The maximum absolute atomic E-state index is 5.95. The molecule has 7 heteroatoms. The summed E-state index contributed by atoms with van der Waals surface area (Å²) < 4.78 is 11.5. The van der Waals surface area contributed by atoms with Crippen LogP contribution < -0.4 is 14.8 Å². The SMILES string of the molecule is CCCOc1ccc(Oc2ncccc2CNC2=NCCN2C)cc1.I. The van der Waals surface area contributed by atoms with Gasteiger partial charge >= 0.3 is 0 Å². The van der Waals surface area contributed by atoms with Gasteiger partial charge in [-0.3, -0.25) is 4.99 Å². The molecule has 1 aliphatic rings. The Labute approximate surface area is 171 Å². The minimum absolute atomic E-state index is 0. The highest BCUT2D eigenvalue weighted by Crippen LogP contribution is 2.25. The zero-order valence-electron chi connectivity index (χ0n) is 15.1. The molecule has 0 amide bonds. The highest BCUT2D eigenvalue weighted by molar-refractivity contribution is 14.0. The molecule has 0 radical (unpaired) electrons. The first kappa shape index (κ1) is 20.3. The minimum atomic E-state index is 0. The van der Waals surface area contributed by atoms with Crippen molar-refractivity contribution >= 4 is 29.9 Å². The molecule has 1 aromatic carbocycles. The van der Waals surface area contributed by atoms with Crippen LogP contribution in [0.4, 0.5) is 0 Å². The highest BCUT2D eigenvalue weighted by Gasteiger charge is 2.13. The molecular weight excluding hydrogens is 443 g/mol. The van der Waals surface area contributed by atoms with Crippen molar-refractivity contribution in [3.8, 4) is 17.4 Å². The van der Waals surface area contributed by atoms with Crippen molar-refractivity contribution in [1.29, 1.82) is 0 Å². The number of hydrogen-bond acceptors (Lipinski definition) is 6. The minimum Gasteiger partial charge on any atom is -0.494 e. The van der Waals surface area contributed by atoms with Crippen LogP contribution in [0.15, 0.2) is 47.6 Å². The number of rotatable bonds is 7. The Kier molecular flexibility index (Phi) is 7.96. The summed E-state index contributed by atoms with van der Waals surface area (Å²) >= 11 is 0. The predicted molar refractivity (Wildman–Crippen MR) is 114 cm³/mol. The summed E-state index contributed by atoms with van der Waals surface area (Å²) in [6.45, 7) is 5.20. The van der Waals surface area contributed by atoms with Gasteiger partial charge in [-0.2, -0.15) is 0 Å². The van der Waals surface area contributed by atoms with Gasteiger partial charge in [0.2, 0.25) is 5.88 Å². The topological polar surface area (TPSA) is 59.0 Å². The highest BCUT2D eigenvalue weighted by atomic mass is 127. The van der Waals surface area contributed by atoms with Crippen molar-refractivity contribution in [3.05, 3.63) is 48.2 Å². The fourth-order valence-corrected chi connectivity index (χ4v) is 2.48. The number of guanidine groups is 1. The second-order valence-corrected chi connectivity index (χ2v) is 5.87. The molecule has 0 bridgehead atoms. The average Bonchev–Trinajstić information content (AvgIpc) is 3.05. The molecule has 140 valence electrons. The molecule has 1 N–H and O–H groups in total. The van der Waals surface area contributed by atoms with E-state index in [0.717, 1.165) is 42.5 Å². The van der Waals surface area contributed by atoms with Crippen LogP contribution in [0.2, 0.25) is 0 Å². The van der Waals surface area contributed by atoms with Gasteiger partial charge < -0.3 is 19.7 Å². The van der Waals surface area contributed by atoms with Crippen molar-refractivity contribution in [1.82, 2.24) is 15.2 Å². The van der Waals surface area contributed by atoms with E-state index >= 15 is 0 Å². The fourth-order valence-electron chi connectivity index (χ4n) is 2.48. The third-order valence-corrected chi connectivity index (χ3v) is 3.86. The maximum Gasteiger partial charge on any atom is 0.224 e. The Bertz CT molecular complexity index is 722. The maximum atomic E-state index is 5.95. The molecule has 0 unspecified atom stereocenters. The fraction of sp³-hybridized carbons (Fsp3) is 0.368. The van der Waals surface area contributed by atoms with Gasteiger partial charge in [-0.05, 0) is 36.8 Å². The second kappa shape index (κ2) is 10.2. The molecule has 0 spiro atoms. The number of pyridine rings is 1. The lowest BCUT2D eigenvalue weighted by atomic mass is 10.2. The number of hydrogen-bond donors (Lipinski definition) is 1. The lowest BCUT2D eigenvalue weighted by molar-refractivity contribution is 0.317. The molecule has 3 rings (SSSR count). The number of halogens is 1. The van der Waals surface area contributed by atoms with Crippen LogP contribution >= 0.6 is 24.0 Å². The summed E-state index contributed by atoms with van der Waals surface area (Å²) in [6, 6.07) is 11.5. The van der Waals surface area contributed by atoms with Crippen LogP contribution in [0.3, 0.4) is 0 Å². The van der Waals surface area contributed by atoms with Crippen LogP contribution in [0.5, 0.6) is 17.4 Å². The smallest absolute Gasteiger partial charge is 0.224 e. The van der Waals surface area contributed by atoms with Crippen LogP contribution in [-0.2, 0) is 6.54 Å². The normalized spacial score (nSPS) is 13.0. The molecule has 2 heterocycles. The monoisotopic (exact) mass is 468 g/mol. The summed E-state index contributed by atoms with van der Waals surface area (Å²) in [5, 5.41) is 3.34. The van der Waals surface area contributed by atoms with Crippen molar-refractivity contribution < 1.29 is 9.47 Å². The van der Waals surface area contributed by atoms with Crippen molar-refractivity contribution in [2.75, 3.05) is 26.7 Å². The molecule has 1 aliphatic heterocycles. The quantitative estimate of drug-likeness (QED) is 0.629. The second-order valence-electron chi connectivity index (χ2n) is 5.87. The summed E-state index contributed by atoms with van der Waals surface area (Å²) in [7, 11) is 2.03. The van der Waals surface area contributed by atoms with E-state index in [9.17, 15) is 0 Å². The van der Waals surface area contributed by atoms with Gasteiger partial charge in [-0.15, -0.1) is 24.0 Å². The van der Waals surface area contributed by atoms with Gasteiger partial charge in [0.15, 0.2) is 5.96 Å². The first-order valence-electron chi connectivity index (χ1n) is 8.60. The number of aliphatic imine (C=N–C) groups is 1. The first-order chi connectivity index (χ1) is 12.3. The van der Waals surface area contributed by atoms with Crippen molar-refractivity contribution in [3.63, 3.8) is 0 Å². The Morgan fingerprint density at radius 1 is 1.15 bits per heavy atom. The molecule has 6 nitrogen and oxygen atoms in total. The molecule has 0 atom stereocenters. The third kappa shape index (κ3) is 5.48. The van der Waals surface area contributed by atoms with E-state index < -0.39 is 0 Å². The summed E-state index contributed by atoms with van der Waals surface area (Å²) in [5.74, 6) is 3.09. The van der Waals surface area contributed by atoms with E-state index in [2.05, 4.69) is 27.1 Å². The number of likely N-dealkylation sites (N-methyl/N-ethyl adjacent to an activating group) is 1. The van der Waals surface area contributed by atoms with Crippen LogP contribution in [0, 0.1) is 0 Å². The average molecular weight is 468 g/mol. The molecule has 0 saturated carbocycles. The molecule has 2 aromatic rings. The number of nitrogens with zero attached hydrogens (tertiary/aromatic N) is 3. The predicted octanol–water partition coefficient (Wildman–Crippen LogP) is 3.67. The van der Waals surface area contributed by atoms with E-state index in [-0.39, 0.29) is 24.0 Å². The first-order valence-corrected chi connectivity index (χ1v) is 8.60. The van der Waals surface area contributed by atoms with E-state index in [4.69, 9.17) is 9.47 Å². The van der Waals surface area contributed by atoms with Gasteiger partial charge in [-0.1, -0.05) is 13.0 Å². The van der Waals surface area contributed by atoms with Crippen molar-refractivity contribution in [2.45, 2.75) is 19.9 Å². The van der Waals surface area contributed by atoms with Gasteiger partial charge in [0.1, 0.15) is 11.5 Å². The van der Waals surface area contributed by atoms with Crippen LogP contribution in [-0.4, -0.2) is 42.6 Å². The lowest BCUT2D eigenvalue weighted by Gasteiger charge is -2.16. The lowest BCUT2D eigenvalue weighted by Crippen LogP contribution is -2.35. The number of nitrogens with one attached hydrogen (secondary N) is 1. The molecular formula is C19H25IN4O2. The Balaban J connectivity index is 0.00000243. The van der Waals surface area contributed by atoms with E-state index in [0.29, 0.717) is 19.0 Å². The number of benzene rings is 1. The van der Waals surface area contributed by atoms with Gasteiger partial charge in [0, 0.05) is 31.9 Å². The zero-order valence-corrected chi connectivity index (χ0v) is 17.5. The number of aromatic nitrogens is 1. The molecule has 26 heavy (non-hydrogen) atoms. The Morgan fingerprint density at radius 2 is 1.92 bits per heavy atom. The van der Waals surface area contributed by atoms with Crippen LogP contribution in [0.25, 0.3) is 0 Å². The van der Waals surface area contributed by atoms with Gasteiger partial charge in [0.25, 0.3) is 0 Å². The molecule has 0 fully saturated rings. The van der Waals surface area contributed by atoms with Gasteiger partial charge in [0.05, 0.1) is 13.2 Å². The molecule has 0 aliphatic carbocycles. The molecule has 1 aromatic heterocycles. The Morgan fingerprint density at radius 3 is 2.62 bits per heavy atom. The number of ether oxygens (including phenoxy) is 2. The third-order valence-electron chi connectivity index (χ3n) is 3.86. The standard InChI is InChI=1S/C19H24N4O2.HI/c1-3-13-24-16-6-8-17(9-7-16)25-18-15(5-4-10-20-18)14-22-19-21-11-12-23(19)2;/h4-10H,3,11-14H2,1-2H3,(H,21,22);1H. The van der Waals surface area contributed by atoms with E-state index in [1.807, 2.05) is 43.4 Å². The van der Waals surface area contributed by atoms with Crippen molar-refractivity contribution in [2.24, 2.45) is 4.99 Å². The summed E-state index contributed by atoms with van der Waals surface area (Å²) in [4.78, 5) is 10.9. The summed E-state index contributed by atoms with van der Waals surface area (Å²) in [6.07, 6.45) is 2.72. The Hall–Kier alpha value is -2.03.